The number of esters is 3. The van der Waals surface area contributed by atoms with Crippen LogP contribution in [-0.2, 0) is 28.6 Å². The lowest BCUT2D eigenvalue weighted by molar-refractivity contribution is -0.167. The largest absolute Gasteiger partial charge is 0.462 e. The van der Waals surface area contributed by atoms with Crippen molar-refractivity contribution >= 4 is 17.9 Å². The van der Waals surface area contributed by atoms with Gasteiger partial charge in [0.25, 0.3) is 0 Å². The van der Waals surface area contributed by atoms with E-state index in [-0.39, 0.29) is 31.1 Å². The molecule has 0 fully saturated rings. The number of hydrogen-bond acceptors (Lipinski definition) is 6. The number of rotatable bonds is 63. The molecule has 0 heterocycles. The minimum absolute atomic E-state index is 0.0705. The van der Waals surface area contributed by atoms with Gasteiger partial charge in [-0.2, -0.15) is 0 Å². The number of ether oxygens (including phenoxy) is 3. The highest BCUT2D eigenvalue weighted by Gasteiger charge is 2.19. The molecule has 6 heteroatoms. The molecule has 0 aliphatic rings. The van der Waals surface area contributed by atoms with Gasteiger partial charge < -0.3 is 14.2 Å². The van der Waals surface area contributed by atoms with E-state index in [4.69, 9.17) is 14.2 Å². The third-order valence-electron chi connectivity index (χ3n) is 15.4. The van der Waals surface area contributed by atoms with Gasteiger partial charge >= 0.3 is 17.9 Å². The third kappa shape index (κ3) is 62.6. The van der Waals surface area contributed by atoms with Crippen LogP contribution in [0.25, 0.3) is 0 Å². The van der Waals surface area contributed by atoms with Gasteiger partial charge in [0.1, 0.15) is 13.2 Å². The molecule has 1 atom stereocenters. The molecule has 6 nitrogen and oxygen atoms in total. The lowest BCUT2D eigenvalue weighted by Gasteiger charge is -2.18. The van der Waals surface area contributed by atoms with Crippen LogP contribution in [0.4, 0.5) is 0 Å². The third-order valence-corrected chi connectivity index (χ3v) is 15.4. The molecule has 0 saturated heterocycles. The highest BCUT2D eigenvalue weighted by atomic mass is 16.6. The molecule has 0 rings (SSSR count). The van der Waals surface area contributed by atoms with Crippen LogP contribution in [0.2, 0.25) is 0 Å². The van der Waals surface area contributed by atoms with Crippen molar-refractivity contribution in [1.29, 1.82) is 0 Å². The van der Waals surface area contributed by atoms with Gasteiger partial charge in [-0.3, -0.25) is 14.4 Å². The number of hydrogen-bond donors (Lipinski definition) is 0. The van der Waals surface area contributed by atoms with Crippen molar-refractivity contribution in [2.45, 2.75) is 386 Å². The van der Waals surface area contributed by atoms with Crippen LogP contribution in [0.5, 0.6) is 0 Å². The Morgan fingerprint density at radius 3 is 0.667 bits per heavy atom. The maximum atomic E-state index is 12.9. The summed E-state index contributed by atoms with van der Waals surface area (Å²) < 4.78 is 17.0. The average Bonchev–Trinajstić information content (AvgIpc) is 3.41. The summed E-state index contributed by atoms with van der Waals surface area (Å²) in [6.07, 6.45) is 77.7. The molecule has 0 N–H and O–H groups in total. The summed E-state index contributed by atoms with van der Waals surface area (Å²) in [6, 6.07) is 0. The Bertz CT molecular complexity index is 1210. The first kappa shape index (κ1) is 72.9. The van der Waals surface area contributed by atoms with Crippen molar-refractivity contribution in [3.8, 4) is 0 Å². The van der Waals surface area contributed by atoms with Gasteiger partial charge in [0.2, 0.25) is 0 Å². The first-order valence-corrected chi connectivity index (χ1v) is 33.8. The van der Waals surface area contributed by atoms with E-state index in [1.807, 2.05) is 0 Å². The number of unbranched alkanes of at least 4 members (excludes halogenated alkanes) is 48. The summed E-state index contributed by atoms with van der Waals surface area (Å²) in [6.45, 7) is 6.69. The smallest absolute Gasteiger partial charge is 0.306 e. The van der Waals surface area contributed by atoms with E-state index in [2.05, 4.69) is 45.1 Å². The molecule has 0 bridgehead atoms. The van der Waals surface area contributed by atoms with Crippen molar-refractivity contribution in [2.24, 2.45) is 0 Å². The average molecular weight is 1060 g/mol. The van der Waals surface area contributed by atoms with Gasteiger partial charge in [-0.15, -0.1) is 0 Å². The molecule has 75 heavy (non-hydrogen) atoms. The van der Waals surface area contributed by atoms with E-state index < -0.39 is 6.10 Å². The Labute approximate surface area is 468 Å². The van der Waals surface area contributed by atoms with Crippen LogP contribution >= 0.6 is 0 Å². The van der Waals surface area contributed by atoms with Gasteiger partial charge in [-0.1, -0.05) is 315 Å². The summed E-state index contributed by atoms with van der Waals surface area (Å²) in [5, 5.41) is 0. The maximum absolute atomic E-state index is 12.9. The highest BCUT2D eigenvalue weighted by Crippen LogP contribution is 2.18. The van der Waals surface area contributed by atoms with Crippen LogP contribution in [0.15, 0.2) is 24.3 Å². The minimum atomic E-state index is -0.775. The molecule has 0 aromatic rings. The standard InChI is InChI=1S/C69H130O6/c1-4-7-10-13-16-19-22-25-28-30-31-32-33-34-35-36-37-39-41-44-47-50-53-56-59-62-68(71)74-65-66(64-73-67(70)61-58-55-52-49-46-43-40-27-24-21-18-15-12-9-6-3)75-69(72)63-60-57-54-51-48-45-42-38-29-26-23-20-17-14-11-8-5-2/h26-27,29,40,66H,4-25,28,30-39,41-65H2,1-3H3/b29-26-,40-27-. The fraction of sp³-hybridized carbons (Fsp3) is 0.899. The van der Waals surface area contributed by atoms with Gasteiger partial charge in [-0.05, 0) is 70.6 Å². The molecule has 0 aromatic carbocycles. The summed E-state index contributed by atoms with van der Waals surface area (Å²) >= 11 is 0. The van der Waals surface area contributed by atoms with E-state index in [1.165, 1.54) is 276 Å². The number of carbonyl (C=O) groups excluding carboxylic acids is 3. The SMILES string of the molecule is CCCCCCCC/C=C\CCCCCCCCCC(=O)OC(COC(=O)CCCCCCC/C=C\CCCCCCCC)COC(=O)CCCCCCCCCCCCCCCCCCCCCCCCCCC. The molecule has 0 aromatic heterocycles. The molecule has 0 radical (unpaired) electrons. The second-order valence-electron chi connectivity index (χ2n) is 23.1. The van der Waals surface area contributed by atoms with Gasteiger partial charge in [-0.25, -0.2) is 0 Å². The molecular weight excluding hydrogens is 925 g/mol. The first-order chi connectivity index (χ1) is 37.0. The van der Waals surface area contributed by atoms with Crippen LogP contribution in [-0.4, -0.2) is 37.2 Å². The molecule has 0 spiro atoms. The van der Waals surface area contributed by atoms with Crippen molar-refractivity contribution < 1.29 is 28.6 Å². The highest BCUT2D eigenvalue weighted by molar-refractivity contribution is 5.71. The van der Waals surface area contributed by atoms with Crippen LogP contribution in [0.3, 0.4) is 0 Å². The van der Waals surface area contributed by atoms with E-state index in [0.29, 0.717) is 19.3 Å². The Kier molecular flexibility index (Phi) is 62.6. The van der Waals surface area contributed by atoms with Crippen molar-refractivity contribution in [1.82, 2.24) is 0 Å². The second kappa shape index (κ2) is 64.4. The van der Waals surface area contributed by atoms with Crippen LogP contribution in [0, 0.1) is 0 Å². The number of carbonyl (C=O) groups is 3. The molecule has 0 aliphatic heterocycles. The van der Waals surface area contributed by atoms with Crippen molar-refractivity contribution in [3.05, 3.63) is 24.3 Å². The predicted octanol–water partition coefficient (Wildman–Crippen LogP) is 23.0. The Morgan fingerprint density at radius 2 is 0.440 bits per heavy atom. The normalized spacial score (nSPS) is 12.1. The van der Waals surface area contributed by atoms with Gasteiger partial charge in [0.15, 0.2) is 6.10 Å². The zero-order valence-corrected chi connectivity index (χ0v) is 50.8. The van der Waals surface area contributed by atoms with E-state index in [9.17, 15) is 14.4 Å². The molecule has 0 saturated carbocycles. The molecular formula is C69H130O6. The minimum Gasteiger partial charge on any atom is -0.462 e. The van der Waals surface area contributed by atoms with E-state index in [0.717, 1.165) is 64.2 Å². The number of allylic oxidation sites excluding steroid dienone is 4. The van der Waals surface area contributed by atoms with Gasteiger partial charge in [0, 0.05) is 19.3 Å². The predicted molar refractivity (Wildman–Crippen MR) is 326 cm³/mol. The lowest BCUT2D eigenvalue weighted by Crippen LogP contribution is -2.30. The van der Waals surface area contributed by atoms with Crippen molar-refractivity contribution in [2.75, 3.05) is 13.2 Å². The molecule has 0 amide bonds. The molecule has 0 aliphatic carbocycles. The molecule has 1 unspecified atom stereocenters. The van der Waals surface area contributed by atoms with Gasteiger partial charge in [0.05, 0.1) is 0 Å². The lowest BCUT2D eigenvalue weighted by atomic mass is 10.0. The first-order valence-electron chi connectivity index (χ1n) is 33.8. The fourth-order valence-electron chi connectivity index (χ4n) is 10.3. The maximum Gasteiger partial charge on any atom is 0.306 e. The zero-order valence-electron chi connectivity index (χ0n) is 50.8. The summed E-state index contributed by atoms with van der Waals surface area (Å²) in [4.78, 5) is 38.3. The molecule has 442 valence electrons. The van der Waals surface area contributed by atoms with Crippen LogP contribution in [0.1, 0.15) is 380 Å². The monoisotopic (exact) mass is 1050 g/mol. The Hall–Kier alpha value is -2.11. The zero-order chi connectivity index (χ0) is 54.3. The Morgan fingerprint density at radius 1 is 0.253 bits per heavy atom. The van der Waals surface area contributed by atoms with Crippen LogP contribution < -0.4 is 0 Å². The summed E-state index contributed by atoms with van der Waals surface area (Å²) in [5.74, 6) is -0.856. The van der Waals surface area contributed by atoms with E-state index >= 15 is 0 Å². The van der Waals surface area contributed by atoms with E-state index in [1.54, 1.807) is 0 Å². The fourth-order valence-corrected chi connectivity index (χ4v) is 10.3. The van der Waals surface area contributed by atoms with Crippen molar-refractivity contribution in [3.63, 3.8) is 0 Å². The quantitative estimate of drug-likeness (QED) is 0.0261. The second-order valence-corrected chi connectivity index (χ2v) is 23.1. The summed E-state index contributed by atoms with van der Waals surface area (Å²) in [7, 11) is 0. The Balaban J connectivity index is 4.25. The topological polar surface area (TPSA) is 78.9 Å². The summed E-state index contributed by atoms with van der Waals surface area (Å²) in [5.41, 5.74) is 0.